The van der Waals surface area contributed by atoms with Crippen molar-refractivity contribution in [1.82, 2.24) is 9.88 Å². The molecule has 0 aliphatic rings. The summed E-state index contributed by atoms with van der Waals surface area (Å²) in [5.74, 6) is -0.754. The highest BCUT2D eigenvalue weighted by molar-refractivity contribution is 7.09. The van der Waals surface area contributed by atoms with E-state index in [1.807, 2.05) is 13.8 Å². The Labute approximate surface area is 171 Å². The molecule has 1 aromatic carbocycles. The number of nitrogens with zero attached hydrogens (tertiary/aromatic N) is 2. The highest BCUT2D eigenvalue weighted by Gasteiger charge is 2.31. The molecule has 2 rings (SSSR count). The third kappa shape index (κ3) is 6.56. The number of benzene rings is 1. The van der Waals surface area contributed by atoms with Gasteiger partial charge < -0.3 is 9.64 Å². The maximum atomic E-state index is 13.0. The Morgan fingerprint density at radius 3 is 2.62 bits per heavy atom. The Balaban J connectivity index is 2.24. The van der Waals surface area contributed by atoms with Crippen LogP contribution in [0.15, 0.2) is 29.6 Å². The molecule has 9 heteroatoms. The van der Waals surface area contributed by atoms with Gasteiger partial charge in [-0.05, 0) is 37.5 Å². The number of thiazole rings is 1. The van der Waals surface area contributed by atoms with Gasteiger partial charge in [-0.15, -0.1) is 11.3 Å². The summed E-state index contributed by atoms with van der Waals surface area (Å²) in [6.07, 6.45) is -3.84. The number of alkyl halides is 3. The monoisotopic (exact) mass is 428 g/mol. The van der Waals surface area contributed by atoms with Crippen LogP contribution in [-0.4, -0.2) is 34.9 Å². The van der Waals surface area contributed by atoms with Gasteiger partial charge in [-0.1, -0.05) is 19.9 Å². The lowest BCUT2D eigenvalue weighted by Gasteiger charge is -2.23. The van der Waals surface area contributed by atoms with Crippen LogP contribution in [0.25, 0.3) is 0 Å². The second-order valence-electron chi connectivity index (χ2n) is 6.83. The number of carbonyl (C=O) groups excluding carboxylic acids is 2. The van der Waals surface area contributed by atoms with E-state index >= 15 is 0 Å². The minimum absolute atomic E-state index is 0.0363. The normalized spacial score (nSPS) is 11.6. The van der Waals surface area contributed by atoms with Crippen LogP contribution in [0, 0.1) is 5.92 Å². The molecule has 0 aliphatic carbocycles. The number of halogens is 3. The summed E-state index contributed by atoms with van der Waals surface area (Å²) in [6, 6.07) is 4.38. The molecule has 0 aliphatic heterocycles. The quantitative estimate of drug-likeness (QED) is 0.554. The van der Waals surface area contributed by atoms with Crippen LogP contribution in [0.1, 0.15) is 58.6 Å². The standard InChI is InChI=1S/C20H23F3N2O3S/c1-4-28-19(27)16-12-29-17(24-16)11-25(9-8-13(2)3)18(26)14-6-5-7-15(10-14)20(21,22)23/h5-7,10,12-13H,4,8-9,11H2,1-3H3. The number of rotatable bonds is 8. The largest absolute Gasteiger partial charge is 0.461 e. The number of hydrogen-bond acceptors (Lipinski definition) is 5. The zero-order chi connectivity index (χ0) is 21.6. The summed E-state index contributed by atoms with van der Waals surface area (Å²) in [5.41, 5.74) is -0.751. The molecule has 0 bridgehead atoms. The Morgan fingerprint density at radius 2 is 2.00 bits per heavy atom. The van der Waals surface area contributed by atoms with Gasteiger partial charge in [0.2, 0.25) is 0 Å². The average molecular weight is 428 g/mol. The van der Waals surface area contributed by atoms with Gasteiger partial charge >= 0.3 is 12.1 Å². The second kappa shape index (κ2) is 9.87. The molecule has 1 aromatic heterocycles. The Kier molecular flexibility index (Phi) is 7.78. The zero-order valence-electron chi connectivity index (χ0n) is 16.5. The molecule has 0 saturated heterocycles. The predicted molar refractivity (Wildman–Crippen MR) is 104 cm³/mol. The van der Waals surface area contributed by atoms with Crippen LogP contribution in [0.4, 0.5) is 13.2 Å². The highest BCUT2D eigenvalue weighted by Crippen LogP contribution is 2.30. The Morgan fingerprint density at radius 1 is 1.28 bits per heavy atom. The summed E-state index contributed by atoms with van der Waals surface area (Å²) < 4.78 is 43.9. The first-order valence-electron chi connectivity index (χ1n) is 9.19. The summed E-state index contributed by atoms with van der Waals surface area (Å²) in [5, 5.41) is 2.06. The highest BCUT2D eigenvalue weighted by atomic mass is 32.1. The molecule has 2 aromatic rings. The molecule has 0 fully saturated rings. The molecule has 158 valence electrons. The number of aromatic nitrogens is 1. The SMILES string of the molecule is CCOC(=O)c1csc(CN(CCC(C)C)C(=O)c2cccc(C(F)(F)F)c2)n1. The third-order valence-corrected chi connectivity index (χ3v) is 4.90. The first-order valence-corrected chi connectivity index (χ1v) is 10.1. The number of esters is 1. The second-order valence-corrected chi connectivity index (χ2v) is 7.78. The zero-order valence-corrected chi connectivity index (χ0v) is 17.3. The minimum Gasteiger partial charge on any atom is -0.461 e. The molecule has 0 N–H and O–H groups in total. The molecule has 0 unspecified atom stereocenters. The lowest BCUT2D eigenvalue weighted by atomic mass is 10.1. The minimum atomic E-state index is -4.52. The molecule has 29 heavy (non-hydrogen) atoms. The average Bonchev–Trinajstić information content (AvgIpc) is 3.13. The first kappa shape index (κ1) is 22.9. The summed E-state index contributed by atoms with van der Waals surface area (Å²) in [4.78, 5) is 30.4. The van der Waals surface area contributed by atoms with Crippen LogP contribution >= 0.6 is 11.3 Å². The molecule has 0 saturated carbocycles. The number of ether oxygens (including phenoxy) is 1. The van der Waals surface area contributed by atoms with E-state index in [0.717, 1.165) is 12.1 Å². The fourth-order valence-corrected chi connectivity index (χ4v) is 3.30. The van der Waals surface area contributed by atoms with E-state index in [4.69, 9.17) is 4.74 Å². The van der Waals surface area contributed by atoms with Gasteiger partial charge in [-0.2, -0.15) is 13.2 Å². The van der Waals surface area contributed by atoms with Gasteiger partial charge in [0.25, 0.3) is 5.91 Å². The number of amides is 1. The van der Waals surface area contributed by atoms with Crippen molar-refractivity contribution in [3.05, 3.63) is 51.5 Å². The van der Waals surface area contributed by atoms with E-state index in [1.54, 1.807) is 12.3 Å². The van der Waals surface area contributed by atoms with Gasteiger partial charge in [-0.3, -0.25) is 4.79 Å². The van der Waals surface area contributed by atoms with Crippen molar-refractivity contribution in [3.8, 4) is 0 Å². The van der Waals surface area contributed by atoms with Crippen molar-refractivity contribution in [2.24, 2.45) is 5.92 Å². The molecule has 0 radical (unpaired) electrons. The molecule has 0 atom stereocenters. The molecular formula is C20H23F3N2O3S. The Hall–Kier alpha value is -2.42. The van der Waals surface area contributed by atoms with Crippen molar-refractivity contribution in [2.45, 2.75) is 39.9 Å². The van der Waals surface area contributed by atoms with Gasteiger partial charge in [0.05, 0.1) is 18.7 Å². The molecular weight excluding hydrogens is 405 g/mol. The van der Waals surface area contributed by atoms with E-state index in [2.05, 4.69) is 4.98 Å². The summed E-state index contributed by atoms with van der Waals surface area (Å²) >= 11 is 1.20. The van der Waals surface area contributed by atoms with Crippen LogP contribution in [-0.2, 0) is 17.5 Å². The maximum absolute atomic E-state index is 13.0. The van der Waals surface area contributed by atoms with Crippen molar-refractivity contribution in [3.63, 3.8) is 0 Å². The topological polar surface area (TPSA) is 59.5 Å². The van der Waals surface area contributed by atoms with Gasteiger partial charge in [0, 0.05) is 17.5 Å². The van der Waals surface area contributed by atoms with Crippen LogP contribution in [0.2, 0.25) is 0 Å². The maximum Gasteiger partial charge on any atom is 0.416 e. The van der Waals surface area contributed by atoms with Crippen molar-refractivity contribution < 1.29 is 27.5 Å². The third-order valence-electron chi connectivity index (χ3n) is 4.06. The fraction of sp³-hybridized carbons (Fsp3) is 0.450. The Bertz CT molecular complexity index is 849. The van der Waals surface area contributed by atoms with E-state index in [0.29, 0.717) is 23.9 Å². The first-order chi connectivity index (χ1) is 13.6. The van der Waals surface area contributed by atoms with E-state index in [-0.39, 0.29) is 24.4 Å². The fourth-order valence-electron chi connectivity index (χ4n) is 2.52. The van der Waals surface area contributed by atoms with Gasteiger partial charge in [0.15, 0.2) is 5.69 Å². The van der Waals surface area contributed by atoms with Crippen LogP contribution < -0.4 is 0 Å². The van der Waals surface area contributed by atoms with Crippen LogP contribution in [0.3, 0.4) is 0 Å². The predicted octanol–water partition coefficient (Wildman–Crippen LogP) is 5.03. The number of carbonyl (C=O) groups is 2. The summed E-state index contributed by atoms with van der Waals surface area (Å²) in [6.45, 7) is 6.37. The van der Waals surface area contributed by atoms with Crippen LogP contribution in [0.5, 0.6) is 0 Å². The molecule has 0 spiro atoms. The summed E-state index contributed by atoms with van der Waals surface area (Å²) in [7, 11) is 0. The van der Waals surface area contributed by atoms with Crippen molar-refractivity contribution in [1.29, 1.82) is 0 Å². The van der Waals surface area contributed by atoms with Crippen molar-refractivity contribution >= 4 is 23.2 Å². The van der Waals surface area contributed by atoms with E-state index in [1.165, 1.54) is 28.4 Å². The van der Waals surface area contributed by atoms with Crippen molar-refractivity contribution in [2.75, 3.05) is 13.2 Å². The molecule has 1 heterocycles. The van der Waals surface area contributed by atoms with E-state index in [9.17, 15) is 22.8 Å². The lowest BCUT2D eigenvalue weighted by molar-refractivity contribution is -0.137. The lowest BCUT2D eigenvalue weighted by Crippen LogP contribution is -2.32. The number of hydrogen-bond donors (Lipinski definition) is 0. The van der Waals surface area contributed by atoms with Gasteiger partial charge in [0.1, 0.15) is 5.01 Å². The van der Waals surface area contributed by atoms with Gasteiger partial charge in [-0.25, -0.2) is 9.78 Å². The molecule has 5 nitrogen and oxygen atoms in total. The molecule has 1 amide bonds. The van der Waals surface area contributed by atoms with E-state index < -0.39 is 23.6 Å². The smallest absolute Gasteiger partial charge is 0.416 e.